The fourth-order valence-corrected chi connectivity index (χ4v) is 1.65. The fourth-order valence-electron chi connectivity index (χ4n) is 1.49. The summed E-state index contributed by atoms with van der Waals surface area (Å²) < 4.78 is 5.45. The maximum absolute atomic E-state index is 5.85. The van der Waals surface area contributed by atoms with E-state index in [9.17, 15) is 0 Å². The van der Waals surface area contributed by atoms with Crippen LogP contribution in [0.15, 0.2) is 16.5 Å². The van der Waals surface area contributed by atoms with Crippen molar-refractivity contribution in [2.45, 2.75) is 26.8 Å². The largest absolute Gasteiger partial charge is 0.465 e. The van der Waals surface area contributed by atoms with E-state index in [0.29, 0.717) is 18.4 Å². The predicted molar refractivity (Wildman–Crippen MR) is 74.4 cm³/mol. The molecular formula is C12H16ClN5O. The van der Waals surface area contributed by atoms with Gasteiger partial charge in [0.15, 0.2) is 0 Å². The average Bonchev–Trinajstić information content (AvgIpc) is 2.79. The van der Waals surface area contributed by atoms with Crippen molar-refractivity contribution in [2.24, 2.45) is 0 Å². The Hall–Kier alpha value is -1.82. The molecule has 0 bridgehead atoms. The first-order valence-electron chi connectivity index (χ1n) is 6.12. The van der Waals surface area contributed by atoms with Gasteiger partial charge in [0.2, 0.25) is 17.2 Å². The van der Waals surface area contributed by atoms with Gasteiger partial charge in [-0.15, -0.1) is 0 Å². The molecule has 2 aromatic rings. The zero-order valence-corrected chi connectivity index (χ0v) is 11.7. The van der Waals surface area contributed by atoms with E-state index in [4.69, 9.17) is 16.0 Å². The number of hydrogen-bond donors (Lipinski definition) is 2. The Labute approximate surface area is 116 Å². The normalized spacial score (nSPS) is 10.5. The third kappa shape index (κ3) is 4.10. The van der Waals surface area contributed by atoms with Gasteiger partial charge >= 0.3 is 0 Å². The number of nitrogens with one attached hydrogen (secondary N) is 2. The van der Waals surface area contributed by atoms with Crippen LogP contribution in [0.3, 0.4) is 0 Å². The molecule has 2 aromatic heterocycles. The van der Waals surface area contributed by atoms with E-state index >= 15 is 0 Å². The van der Waals surface area contributed by atoms with Crippen LogP contribution in [0.1, 0.15) is 24.9 Å². The smallest absolute Gasteiger partial charge is 0.229 e. The molecule has 2 rings (SSSR count). The molecule has 0 unspecified atom stereocenters. The van der Waals surface area contributed by atoms with Crippen molar-refractivity contribution in [3.05, 3.63) is 28.9 Å². The molecule has 0 aliphatic rings. The summed E-state index contributed by atoms with van der Waals surface area (Å²) in [6, 6.07) is 3.81. The predicted octanol–water partition coefficient (Wildman–Crippen LogP) is 2.86. The van der Waals surface area contributed by atoms with Crippen molar-refractivity contribution < 1.29 is 4.42 Å². The number of anilines is 2. The maximum Gasteiger partial charge on any atom is 0.229 e. The number of aryl methyl sites for hydroxylation is 1. The Morgan fingerprint density at radius 3 is 2.53 bits per heavy atom. The topological polar surface area (TPSA) is 75.9 Å². The second-order valence-electron chi connectivity index (χ2n) is 4.04. The Bertz CT molecular complexity index is 543. The van der Waals surface area contributed by atoms with Crippen molar-refractivity contribution in [2.75, 3.05) is 17.2 Å². The van der Waals surface area contributed by atoms with Crippen molar-refractivity contribution >= 4 is 23.5 Å². The molecule has 2 heterocycles. The molecule has 7 heteroatoms. The standard InChI is InChI=1S/C12H16ClN5O/c1-3-6-14-11-16-10(13)17-12(18-11)15-7-9-5-4-8(2)19-9/h4-5H,3,6-7H2,1-2H3,(H2,14,15,16,17,18). The van der Waals surface area contributed by atoms with Crippen LogP contribution in [0, 0.1) is 6.92 Å². The molecule has 6 nitrogen and oxygen atoms in total. The summed E-state index contributed by atoms with van der Waals surface area (Å²) in [4.78, 5) is 12.2. The molecule has 0 saturated heterocycles. The second-order valence-corrected chi connectivity index (χ2v) is 4.38. The van der Waals surface area contributed by atoms with Crippen LogP contribution in [-0.2, 0) is 6.54 Å². The lowest BCUT2D eigenvalue weighted by molar-refractivity contribution is 0.490. The van der Waals surface area contributed by atoms with Gasteiger partial charge in [-0.05, 0) is 37.1 Å². The molecule has 0 radical (unpaired) electrons. The molecular weight excluding hydrogens is 266 g/mol. The van der Waals surface area contributed by atoms with E-state index in [1.807, 2.05) is 19.1 Å². The lowest BCUT2D eigenvalue weighted by Gasteiger charge is -2.06. The highest BCUT2D eigenvalue weighted by molar-refractivity contribution is 6.28. The highest BCUT2D eigenvalue weighted by Gasteiger charge is 2.05. The summed E-state index contributed by atoms with van der Waals surface area (Å²) >= 11 is 5.85. The van der Waals surface area contributed by atoms with E-state index in [0.717, 1.165) is 24.5 Å². The van der Waals surface area contributed by atoms with E-state index in [2.05, 4.69) is 32.5 Å². The van der Waals surface area contributed by atoms with Gasteiger partial charge < -0.3 is 15.1 Å². The molecule has 102 valence electrons. The zero-order chi connectivity index (χ0) is 13.7. The Balaban J connectivity index is 2.01. The van der Waals surface area contributed by atoms with E-state index in [1.165, 1.54) is 0 Å². The summed E-state index contributed by atoms with van der Waals surface area (Å²) in [5.41, 5.74) is 0. The van der Waals surface area contributed by atoms with Crippen LogP contribution in [0.5, 0.6) is 0 Å². The first kappa shape index (κ1) is 13.6. The number of halogens is 1. The van der Waals surface area contributed by atoms with Crippen molar-refractivity contribution in [1.82, 2.24) is 15.0 Å². The lowest BCUT2D eigenvalue weighted by atomic mass is 10.4. The number of rotatable bonds is 6. The SMILES string of the molecule is CCCNc1nc(Cl)nc(NCc2ccc(C)o2)n1. The molecule has 0 spiro atoms. The minimum Gasteiger partial charge on any atom is -0.465 e. The van der Waals surface area contributed by atoms with Crippen LogP contribution in [-0.4, -0.2) is 21.5 Å². The maximum atomic E-state index is 5.85. The van der Waals surface area contributed by atoms with Crippen LogP contribution in [0.25, 0.3) is 0 Å². The van der Waals surface area contributed by atoms with Gasteiger partial charge in [-0.1, -0.05) is 6.92 Å². The zero-order valence-electron chi connectivity index (χ0n) is 10.9. The van der Waals surface area contributed by atoms with Gasteiger partial charge in [-0.2, -0.15) is 15.0 Å². The van der Waals surface area contributed by atoms with Gasteiger partial charge in [0.1, 0.15) is 11.5 Å². The molecule has 0 amide bonds. The van der Waals surface area contributed by atoms with E-state index in [-0.39, 0.29) is 5.28 Å². The van der Waals surface area contributed by atoms with Gasteiger partial charge in [0.25, 0.3) is 0 Å². The third-order valence-corrected chi connectivity index (χ3v) is 2.53. The Kier molecular flexibility index (Phi) is 4.57. The third-order valence-electron chi connectivity index (χ3n) is 2.36. The van der Waals surface area contributed by atoms with Crippen molar-refractivity contribution in [3.63, 3.8) is 0 Å². The number of nitrogens with zero attached hydrogens (tertiary/aromatic N) is 3. The summed E-state index contributed by atoms with van der Waals surface area (Å²) in [5.74, 6) is 2.58. The molecule has 0 aromatic carbocycles. The average molecular weight is 282 g/mol. The monoisotopic (exact) mass is 281 g/mol. The van der Waals surface area contributed by atoms with Crippen LogP contribution in [0.4, 0.5) is 11.9 Å². The molecule has 0 aliphatic heterocycles. The van der Waals surface area contributed by atoms with E-state index in [1.54, 1.807) is 0 Å². The fraction of sp³-hybridized carbons (Fsp3) is 0.417. The molecule has 19 heavy (non-hydrogen) atoms. The van der Waals surface area contributed by atoms with Crippen LogP contribution in [0.2, 0.25) is 5.28 Å². The van der Waals surface area contributed by atoms with Crippen molar-refractivity contribution in [1.29, 1.82) is 0 Å². The molecule has 0 saturated carbocycles. The molecule has 0 fully saturated rings. The lowest BCUT2D eigenvalue weighted by Crippen LogP contribution is -2.09. The molecule has 2 N–H and O–H groups in total. The van der Waals surface area contributed by atoms with Crippen LogP contribution < -0.4 is 10.6 Å². The van der Waals surface area contributed by atoms with Gasteiger partial charge in [-0.3, -0.25) is 0 Å². The Morgan fingerprint density at radius 2 is 1.89 bits per heavy atom. The van der Waals surface area contributed by atoms with E-state index < -0.39 is 0 Å². The quantitative estimate of drug-likeness (QED) is 0.848. The first-order valence-corrected chi connectivity index (χ1v) is 6.50. The summed E-state index contributed by atoms with van der Waals surface area (Å²) in [5, 5.41) is 6.28. The molecule has 0 atom stereocenters. The highest BCUT2D eigenvalue weighted by atomic mass is 35.5. The minimum absolute atomic E-state index is 0.159. The van der Waals surface area contributed by atoms with Crippen molar-refractivity contribution in [3.8, 4) is 0 Å². The van der Waals surface area contributed by atoms with Gasteiger partial charge in [0.05, 0.1) is 6.54 Å². The number of hydrogen-bond acceptors (Lipinski definition) is 6. The van der Waals surface area contributed by atoms with Crippen LogP contribution >= 0.6 is 11.6 Å². The number of aromatic nitrogens is 3. The summed E-state index contributed by atoms with van der Waals surface area (Å²) in [7, 11) is 0. The number of furan rings is 1. The highest BCUT2D eigenvalue weighted by Crippen LogP contribution is 2.12. The van der Waals surface area contributed by atoms with Gasteiger partial charge in [0, 0.05) is 6.54 Å². The second kappa shape index (κ2) is 6.38. The minimum atomic E-state index is 0.159. The molecule has 0 aliphatic carbocycles. The van der Waals surface area contributed by atoms with Gasteiger partial charge in [-0.25, -0.2) is 0 Å². The summed E-state index contributed by atoms with van der Waals surface area (Å²) in [6.07, 6.45) is 0.984. The first-order chi connectivity index (χ1) is 9.17. The Morgan fingerprint density at radius 1 is 1.16 bits per heavy atom. The summed E-state index contributed by atoms with van der Waals surface area (Å²) in [6.45, 7) is 5.25.